The number of benzene rings is 1. The topological polar surface area (TPSA) is 67.8 Å². The van der Waals surface area contributed by atoms with Gasteiger partial charge in [-0.05, 0) is 24.6 Å². The number of methoxy groups -OCH3 is 1. The summed E-state index contributed by atoms with van der Waals surface area (Å²) in [5.74, 6) is 1.99. The number of amides is 1. The summed E-state index contributed by atoms with van der Waals surface area (Å²) >= 11 is 0. The molecule has 0 unspecified atom stereocenters. The molecule has 1 fully saturated rings. The van der Waals surface area contributed by atoms with E-state index >= 15 is 0 Å². The first-order valence-corrected chi connectivity index (χ1v) is 8.93. The van der Waals surface area contributed by atoms with Crippen molar-refractivity contribution in [1.29, 1.82) is 0 Å². The van der Waals surface area contributed by atoms with Crippen LogP contribution in [0.2, 0.25) is 0 Å². The number of piperazine rings is 1. The summed E-state index contributed by atoms with van der Waals surface area (Å²) < 4.78 is 11.1. The lowest BCUT2D eigenvalue weighted by atomic mass is 10.2. The average Bonchev–Trinajstić information content (AvgIpc) is 2.73. The van der Waals surface area contributed by atoms with Crippen molar-refractivity contribution in [3.63, 3.8) is 0 Å². The van der Waals surface area contributed by atoms with Gasteiger partial charge in [0, 0.05) is 38.6 Å². The Hall–Kier alpha value is -3.09. The Morgan fingerprint density at radius 1 is 1.19 bits per heavy atom. The Kier molecular flexibility index (Phi) is 6.25. The first kappa shape index (κ1) is 18.7. The molecule has 142 valence electrons. The van der Waals surface area contributed by atoms with Crippen LogP contribution >= 0.6 is 0 Å². The van der Waals surface area contributed by atoms with Crippen molar-refractivity contribution in [2.45, 2.75) is 6.92 Å². The number of nitrogens with zero attached hydrogens (tertiary/aromatic N) is 4. The molecular weight excluding hydrogens is 344 g/mol. The van der Waals surface area contributed by atoms with Crippen LogP contribution in [0.15, 0.2) is 42.9 Å². The molecule has 1 aliphatic heterocycles. The van der Waals surface area contributed by atoms with Gasteiger partial charge < -0.3 is 19.3 Å². The van der Waals surface area contributed by atoms with Crippen LogP contribution in [-0.2, 0) is 4.79 Å². The van der Waals surface area contributed by atoms with Gasteiger partial charge in [-0.2, -0.15) is 0 Å². The van der Waals surface area contributed by atoms with E-state index in [2.05, 4.69) is 14.9 Å². The van der Waals surface area contributed by atoms with E-state index in [0.717, 1.165) is 24.5 Å². The lowest BCUT2D eigenvalue weighted by Gasteiger charge is -2.35. The summed E-state index contributed by atoms with van der Waals surface area (Å²) in [7, 11) is 1.59. The molecule has 2 heterocycles. The summed E-state index contributed by atoms with van der Waals surface area (Å²) in [6, 6.07) is 5.65. The number of carbonyl (C=O) groups is 1. The van der Waals surface area contributed by atoms with Crippen molar-refractivity contribution in [3.05, 3.63) is 48.4 Å². The second-order valence-corrected chi connectivity index (χ2v) is 6.13. The average molecular weight is 368 g/mol. The molecule has 0 saturated carbocycles. The van der Waals surface area contributed by atoms with E-state index in [9.17, 15) is 4.79 Å². The molecule has 1 aromatic heterocycles. The standard InChI is InChI=1S/C20H24N4O3/c1-3-4-16-5-6-17(18(13-16)26-2)27-15-20(25)24-11-9-23(10-12-24)19-14-21-7-8-22-19/h3-8,13-14H,9-12,15H2,1-2H3/b4-3+. The van der Waals surface area contributed by atoms with Crippen LogP contribution in [0.4, 0.5) is 5.82 Å². The highest BCUT2D eigenvalue weighted by Gasteiger charge is 2.22. The highest BCUT2D eigenvalue weighted by Crippen LogP contribution is 2.28. The fraction of sp³-hybridized carbons (Fsp3) is 0.350. The van der Waals surface area contributed by atoms with Crippen LogP contribution in [-0.4, -0.2) is 60.7 Å². The molecule has 1 aromatic carbocycles. The maximum Gasteiger partial charge on any atom is 0.260 e. The van der Waals surface area contributed by atoms with E-state index < -0.39 is 0 Å². The second kappa shape index (κ2) is 9.02. The molecule has 0 bridgehead atoms. The highest BCUT2D eigenvalue weighted by molar-refractivity contribution is 5.78. The molecule has 1 saturated heterocycles. The van der Waals surface area contributed by atoms with E-state index in [1.165, 1.54) is 0 Å². The lowest BCUT2D eigenvalue weighted by Crippen LogP contribution is -2.50. The second-order valence-electron chi connectivity index (χ2n) is 6.13. The van der Waals surface area contributed by atoms with E-state index in [-0.39, 0.29) is 12.5 Å². The molecular formula is C20H24N4O3. The van der Waals surface area contributed by atoms with Crippen molar-refractivity contribution >= 4 is 17.8 Å². The Labute approximate surface area is 159 Å². The number of allylic oxidation sites excluding steroid dienone is 1. The third kappa shape index (κ3) is 4.75. The van der Waals surface area contributed by atoms with Gasteiger partial charge >= 0.3 is 0 Å². The number of rotatable bonds is 6. The first-order chi connectivity index (χ1) is 13.2. The Morgan fingerprint density at radius 2 is 2.00 bits per heavy atom. The number of anilines is 1. The number of hydrogen-bond donors (Lipinski definition) is 0. The molecule has 0 atom stereocenters. The Morgan fingerprint density at radius 3 is 2.67 bits per heavy atom. The van der Waals surface area contributed by atoms with E-state index in [1.807, 2.05) is 42.2 Å². The van der Waals surface area contributed by atoms with Gasteiger partial charge in [0.1, 0.15) is 5.82 Å². The third-order valence-electron chi connectivity index (χ3n) is 4.40. The van der Waals surface area contributed by atoms with E-state index in [4.69, 9.17) is 9.47 Å². The summed E-state index contributed by atoms with van der Waals surface area (Å²) in [6.07, 6.45) is 9.01. The number of hydrogen-bond acceptors (Lipinski definition) is 6. The van der Waals surface area contributed by atoms with Crippen LogP contribution in [0, 0.1) is 0 Å². The smallest absolute Gasteiger partial charge is 0.260 e. The molecule has 7 heteroatoms. The lowest BCUT2D eigenvalue weighted by molar-refractivity contribution is -0.133. The SMILES string of the molecule is C/C=C/c1ccc(OCC(=O)N2CCN(c3cnccn3)CC2)c(OC)c1. The molecule has 1 amide bonds. The fourth-order valence-corrected chi connectivity index (χ4v) is 2.97. The summed E-state index contributed by atoms with van der Waals surface area (Å²) in [5, 5.41) is 0. The zero-order chi connectivity index (χ0) is 19.1. The first-order valence-electron chi connectivity index (χ1n) is 8.93. The predicted molar refractivity (Wildman–Crippen MR) is 104 cm³/mol. The highest BCUT2D eigenvalue weighted by atomic mass is 16.5. The van der Waals surface area contributed by atoms with Gasteiger partial charge in [0.25, 0.3) is 5.91 Å². The van der Waals surface area contributed by atoms with Crippen LogP contribution in [0.25, 0.3) is 6.08 Å². The van der Waals surface area contributed by atoms with Crippen molar-refractivity contribution in [2.75, 3.05) is 44.8 Å². The van der Waals surface area contributed by atoms with Gasteiger partial charge in [-0.1, -0.05) is 18.2 Å². The molecule has 7 nitrogen and oxygen atoms in total. The zero-order valence-corrected chi connectivity index (χ0v) is 15.7. The quantitative estimate of drug-likeness (QED) is 0.779. The van der Waals surface area contributed by atoms with Gasteiger partial charge in [-0.25, -0.2) is 4.98 Å². The number of carbonyl (C=O) groups excluding carboxylic acids is 1. The molecule has 0 N–H and O–H groups in total. The third-order valence-corrected chi connectivity index (χ3v) is 4.40. The van der Waals surface area contributed by atoms with E-state index in [0.29, 0.717) is 24.6 Å². The normalized spacial score (nSPS) is 14.4. The number of aromatic nitrogens is 2. The van der Waals surface area contributed by atoms with Crippen LogP contribution in [0.1, 0.15) is 12.5 Å². The maximum atomic E-state index is 12.5. The van der Waals surface area contributed by atoms with Crippen LogP contribution in [0.3, 0.4) is 0 Å². The van der Waals surface area contributed by atoms with Crippen molar-refractivity contribution < 1.29 is 14.3 Å². The van der Waals surface area contributed by atoms with Gasteiger partial charge in [-0.3, -0.25) is 9.78 Å². The van der Waals surface area contributed by atoms with Crippen LogP contribution < -0.4 is 14.4 Å². The monoisotopic (exact) mass is 368 g/mol. The number of ether oxygens (including phenoxy) is 2. The Balaban J connectivity index is 1.53. The molecule has 0 spiro atoms. The van der Waals surface area contributed by atoms with Crippen molar-refractivity contribution in [1.82, 2.24) is 14.9 Å². The molecule has 2 aromatic rings. The zero-order valence-electron chi connectivity index (χ0n) is 15.7. The predicted octanol–water partition coefficient (Wildman–Crippen LogP) is 2.25. The minimum absolute atomic E-state index is 0.00946. The molecule has 27 heavy (non-hydrogen) atoms. The fourth-order valence-electron chi connectivity index (χ4n) is 2.97. The summed E-state index contributed by atoms with van der Waals surface area (Å²) in [6.45, 7) is 4.67. The summed E-state index contributed by atoms with van der Waals surface area (Å²) in [5.41, 5.74) is 1.02. The van der Waals surface area contributed by atoms with Crippen molar-refractivity contribution in [2.24, 2.45) is 0 Å². The Bertz CT molecular complexity index is 787. The van der Waals surface area contributed by atoms with Gasteiger partial charge in [0.15, 0.2) is 18.1 Å². The van der Waals surface area contributed by atoms with Crippen LogP contribution in [0.5, 0.6) is 11.5 Å². The van der Waals surface area contributed by atoms with Gasteiger partial charge in [0.2, 0.25) is 0 Å². The molecule has 1 aliphatic rings. The van der Waals surface area contributed by atoms with Crippen molar-refractivity contribution in [3.8, 4) is 11.5 Å². The van der Waals surface area contributed by atoms with Gasteiger partial charge in [-0.15, -0.1) is 0 Å². The maximum absolute atomic E-state index is 12.5. The molecule has 0 aliphatic carbocycles. The van der Waals surface area contributed by atoms with E-state index in [1.54, 1.807) is 25.7 Å². The van der Waals surface area contributed by atoms with Gasteiger partial charge in [0.05, 0.1) is 13.3 Å². The molecule has 3 rings (SSSR count). The minimum Gasteiger partial charge on any atom is -0.493 e. The molecule has 0 radical (unpaired) electrons. The largest absolute Gasteiger partial charge is 0.493 e. The summed E-state index contributed by atoms with van der Waals surface area (Å²) in [4.78, 5) is 24.8. The minimum atomic E-state index is -0.0339.